The third-order valence-electron chi connectivity index (χ3n) is 7.06. The average molecular weight is 478 g/mol. The Morgan fingerprint density at radius 2 is 1.89 bits per heavy atom. The number of halogens is 2. The maximum atomic E-state index is 13.6. The lowest BCUT2D eigenvalue weighted by atomic mass is 9.39. The van der Waals surface area contributed by atoms with E-state index in [2.05, 4.69) is 15.3 Å². The van der Waals surface area contributed by atoms with Crippen LogP contribution in [0.2, 0.25) is 0 Å². The van der Waals surface area contributed by atoms with Crippen molar-refractivity contribution in [1.82, 2.24) is 15.3 Å². The second kappa shape index (κ2) is 8.57. The van der Waals surface area contributed by atoms with Crippen molar-refractivity contribution in [1.29, 1.82) is 0 Å². The third-order valence-corrected chi connectivity index (χ3v) is 7.06. The number of aliphatic hydroxyl groups excluding tert-OH is 1. The minimum Gasteiger partial charge on any atom is -0.393 e. The second-order valence-corrected chi connectivity index (χ2v) is 9.70. The van der Waals surface area contributed by atoms with E-state index in [1.54, 1.807) is 0 Å². The Labute approximate surface area is 205 Å². The number of fused-ring (bicyclic) bond motifs is 2. The molecular weight excluding hydrogens is 455 g/mol. The average Bonchev–Trinajstić information content (AvgIpc) is 3.30. The van der Waals surface area contributed by atoms with Gasteiger partial charge in [-0.05, 0) is 43.7 Å². The number of aliphatic hydroxyl groups is 3. The zero-order valence-corrected chi connectivity index (χ0v) is 18.8. The van der Waals surface area contributed by atoms with E-state index in [1.165, 1.54) is 12.3 Å². The summed E-state index contributed by atoms with van der Waals surface area (Å²) in [6, 6.07) is 3.44. The monoisotopic (exact) mass is 478 g/mol. The van der Waals surface area contributed by atoms with Gasteiger partial charge in [-0.3, -0.25) is 4.79 Å². The SMILES string of the molecule is [B]C([B])([B])c1ccc(C(O)(CO)C(F)F)cc1-c1cnc(N)c(C(=O)NC23CCC(O)(CC2)C3)n1. The number of nitrogens with two attached hydrogens (primary N) is 1. The van der Waals surface area contributed by atoms with Crippen LogP contribution in [-0.2, 0) is 10.7 Å². The summed E-state index contributed by atoms with van der Waals surface area (Å²) in [6.45, 7) is -1.27. The number of benzene rings is 1. The van der Waals surface area contributed by atoms with Crippen LogP contribution in [0.3, 0.4) is 0 Å². The van der Waals surface area contributed by atoms with E-state index in [0.29, 0.717) is 32.1 Å². The molecule has 1 unspecified atom stereocenters. The van der Waals surface area contributed by atoms with Crippen LogP contribution in [0.5, 0.6) is 0 Å². The van der Waals surface area contributed by atoms with Gasteiger partial charge in [0.15, 0.2) is 17.1 Å². The van der Waals surface area contributed by atoms with Gasteiger partial charge in [0.25, 0.3) is 12.3 Å². The first-order chi connectivity index (χ1) is 16.2. The molecule has 35 heavy (non-hydrogen) atoms. The highest BCUT2D eigenvalue weighted by Crippen LogP contribution is 2.50. The largest absolute Gasteiger partial charge is 0.393 e. The van der Waals surface area contributed by atoms with Crippen molar-refractivity contribution >= 4 is 35.3 Å². The van der Waals surface area contributed by atoms with Gasteiger partial charge >= 0.3 is 0 Å². The number of nitrogen functional groups attached to an aromatic ring is 1. The van der Waals surface area contributed by atoms with E-state index in [9.17, 15) is 28.9 Å². The van der Waals surface area contributed by atoms with Crippen molar-refractivity contribution in [3.63, 3.8) is 0 Å². The lowest BCUT2D eigenvalue weighted by Crippen LogP contribution is -2.45. The number of carbonyl (C=O) groups is 1. The fourth-order valence-corrected chi connectivity index (χ4v) is 5.03. The smallest absolute Gasteiger partial charge is 0.274 e. The molecular formula is C22H23B3F2N4O4. The van der Waals surface area contributed by atoms with Gasteiger partial charge in [-0.2, -0.15) is 0 Å². The number of hydrogen-bond donors (Lipinski definition) is 5. The van der Waals surface area contributed by atoms with Gasteiger partial charge in [0.05, 0.1) is 47.6 Å². The van der Waals surface area contributed by atoms with Crippen LogP contribution < -0.4 is 11.1 Å². The highest BCUT2D eigenvalue weighted by molar-refractivity contribution is 6.59. The topological polar surface area (TPSA) is 142 Å². The van der Waals surface area contributed by atoms with Crippen LogP contribution in [-0.4, -0.2) is 78.9 Å². The van der Waals surface area contributed by atoms with Crippen LogP contribution in [0.4, 0.5) is 14.6 Å². The maximum Gasteiger partial charge on any atom is 0.274 e. The molecule has 2 bridgehead atoms. The first-order valence-electron chi connectivity index (χ1n) is 11.0. The Morgan fingerprint density at radius 3 is 2.40 bits per heavy atom. The predicted octanol–water partition coefficient (Wildman–Crippen LogP) is -0.0360. The quantitative estimate of drug-likeness (QED) is 0.352. The molecule has 1 atom stereocenters. The van der Waals surface area contributed by atoms with Crippen LogP contribution in [0.25, 0.3) is 11.3 Å². The molecule has 2 fully saturated rings. The molecule has 2 aliphatic carbocycles. The molecule has 6 radical (unpaired) electrons. The van der Waals surface area contributed by atoms with Gasteiger partial charge in [0.1, 0.15) is 0 Å². The Morgan fingerprint density at radius 1 is 1.23 bits per heavy atom. The molecule has 1 heterocycles. The molecule has 4 rings (SSSR count). The number of hydrogen-bond acceptors (Lipinski definition) is 7. The molecule has 1 amide bonds. The zero-order chi connectivity index (χ0) is 25.8. The summed E-state index contributed by atoms with van der Waals surface area (Å²) in [5.74, 6) is -0.787. The normalized spacial score (nSPS) is 25.5. The van der Waals surface area contributed by atoms with Crippen molar-refractivity contribution < 1.29 is 28.9 Å². The van der Waals surface area contributed by atoms with Crippen molar-refractivity contribution in [3.05, 3.63) is 41.2 Å². The molecule has 2 aliphatic rings. The number of rotatable bonds is 7. The lowest BCUT2D eigenvalue weighted by molar-refractivity contribution is -0.129. The number of alkyl halides is 2. The Hall–Kier alpha value is -2.50. The van der Waals surface area contributed by atoms with Crippen molar-refractivity contribution in [3.8, 4) is 11.3 Å². The van der Waals surface area contributed by atoms with E-state index < -0.39 is 40.8 Å². The zero-order valence-electron chi connectivity index (χ0n) is 18.8. The molecule has 0 spiro atoms. The van der Waals surface area contributed by atoms with Crippen LogP contribution in [0.1, 0.15) is 53.7 Å². The van der Waals surface area contributed by atoms with E-state index in [1.807, 2.05) is 0 Å². The fraction of sp³-hybridized carbons (Fsp3) is 0.500. The molecule has 0 aliphatic heterocycles. The van der Waals surface area contributed by atoms with Crippen LogP contribution >= 0.6 is 0 Å². The Bertz CT molecular complexity index is 1160. The summed E-state index contributed by atoms with van der Waals surface area (Å²) >= 11 is 0. The molecule has 0 saturated heterocycles. The van der Waals surface area contributed by atoms with E-state index in [-0.39, 0.29) is 33.9 Å². The van der Waals surface area contributed by atoms with E-state index in [0.717, 1.165) is 12.1 Å². The van der Waals surface area contributed by atoms with E-state index >= 15 is 0 Å². The maximum absolute atomic E-state index is 13.6. The van der Waals surface area contributed by atoms with Gasteiger partial charge in [-0.25, -0.2) is 18.7 Å². The third kappa shape index (κ3) is 4.57. The highest BCUT2D eigenvalue weighted by Gasteiger charge is 2.54. The first-order valence-corrected chi connectivity index (χ1v) is 11.0. The standard InChI is InChI=1S/C22H23B3F2N4O4/c23-22(24,25)13-2-1-11(21(35,10-32)18(26)27)7-12(13)14-8-29-16(28)15(30-14)17(33)31-19-3-5-20(34,9-19)6-4-19/h1-2,7-8,18,32,34-35H,3-6,9-10H2,(H2,28,29)(H,31,33). The van der Waals surface area contributed by atoms with E-state index in [4.69, 9.17) is 29.3 Å². The Kier molecular flexibility index (Phi) is 6.26. The number of carbonyl (C=O) groups excluding carboxylic acids is 1. The molecule has 178 valence electrons. The summed E-state index contributed by atoms with van der Waals surface area (Å²) in [4.78, 5) is 21.4. The van der Waals surface area contributed by atoms with Gasteiger partial charge in [0, 0.05) is 11.1 Å². The minimum absolute atomic E-state index is 0.0124. The van der Waals surface area contributed by atoms with Crippen molar-refractivity contribution in [2.45, 2.75) is 60.4 Å². The van der Waals surface area contributed by atoms with Gasteiger partial charge < -0.3 is 26.4 Å². The van der Waals surface area contributed by atoms with Crippen LogP contribution in [0.15, 0.2) is 24.4 Å². The van der Waals surface area contributed by atoms with Gasteiger partial charge in [-0.15, -0.1) is 5.11 Å². The van der Waals surface area contributed by atoms with Crippen molar-refractivity contribution in [2.24, 2.45) is 0 Å². The van der Waals surface area contributed by atoms with Crippen molar-refractivity contribution in [2.75, 3.05) is 12.3 Å². The predicted molar refractivity (Wildman–Crippen MR) is 126 cm³/mol. The fourth-order valence-electron chi connectivity index (χ4n) is 5.03. The number of nitrogens with one attached hydrogen (secondary N) is 1. The van der Waals surface area contributed by atoms with Gasteiger partial charge in [0.2, 0.25) is 0 Å². The summed E-state index contributed by atoms with van der Waals surface area (Å²) in [7, 11) is 17.6. The lowest BCUT2D eigenvalue weighted by Gasteiger charge is -2.29. The first kappa shape index (κ1) is 25.6. The summed E-state index contributed by atoms with van der Waals surface area (Å²) in [6.07, 6.45) is 0.661. The molecule has 1 aromatic carbocycles. The summed E-state index contributed by atoms with van der Waals surface area (Å²) < 4.78 is 27.1. The molecule has 8 nitrogen and oxygen atoms in total. The number of anilines is 1. The second-order valence-electron chi connectivity index (χ2n) is 9.70. The van der Waals surface area contributed by atoms with Crippen LogP contribution in [0, 0.1) is 0 Å². The molecule has 2 aromatic rings. The number of nitrogens with zero attached hydrogens (tertiary/aromatic N) is 2. The summed E-state index contributed by atoms with van der Waals surface area (Å²) in [5.41, 5.74) is 1.15. The molecule has 1 aromatic heterocycles. The minimum atomic E-state index is -3.32. The molecule has 6 N–H and O–H groups in total. The number of amides is 1. The van der Waals surface area contributed by atoms with Gasteiger partial charge in [-0.1, -0.05) is 17.7 Å². The Balaban J connectivity index is 1.76. The summed E-state index contributed by atoms with van der Waals surface area (Å²) in [5, 5.41) is 31.2. The molecule has 13 heteroatoms. The molecule has 2 saturated carbocycles. The highest BCUT2D eigenvalue weighted by atomic mass is 19.3. The number of aromatic nitrogens is 2.